The molecular weight excluding hydrogens is 397 g/mol. The van der Waals surface area contributed by atoms with Gasteiger partial charge in [-0.25, -0.2) is 9.37 Å². The molecule has 2 aromatic carbocycles. The molecule has 1 aliphatic rings. The van der Waals surface area contributed by atoms with Crippen molar-refractivity contribution in [2.45, 2.75) is 19.0 Å². The minimum Gasteiger partial charge on any atom is -0.326 e. The van der Waals surface area contributed by atoms with Gasteiger partial charge in [0.25, 0.3) is 5.91 Å². The summed E-state index contributed by atoms with van der Waals surface area (Å²) in [6.45, 7) is 0.263. The van der Waals surface area contributed by atoms with Crippen molar-refractivity contribution in [3.63, 3.8) is 0 Å². The Labute approximate surface area is 177 Å². The van der Waals surface area contributed by atoms with Crippen LogP contribution in [0.1, 0.15) is 18.2 Å². The summed E-state index contributed by atoms with van der Waals surface area (Å²) in [6, 6.07) is 17.8. The fourth-order valence-corrected chi connectivity index (χ4v) is 3.82. The predicted molar refractivity (Wildman–Crippen MR) is 114 cm³/mol. The van der Waals surface area contributed by atoms with Gasteiger partial charge in [-0.1, -0.05) is 18.2 Å². The predicted octanol–water partition coefficient (Wildman–Crippen LogP) is 3.69. The zero-order chi connectivity index (χ0) is 21.4. The summed E-state index contributed by atoms with van der Waals surface area (Å²) in [4.78, 5) is 36.5. The molecule has 7 nitrogen and oxygen atoms in total. The van der Waals surface area contributed by atoms with E-state index in [9.17, 15) is 14.0 Å². The highest BCUT2D eigenvalue weighted by molar-refractivity contribution is 6.05. The SMILES string of the molecule is O=C(C[C@@H]1C(=O)N(Cc2ccccn2)c2nc3ccccc3n21)Nc1ccc(F)cc1. The third kappa shape index (κ3) is 3.52. The second-order valence-electron chi connectivity index (χ2n) is 7.29. The lowest BCUT2D eigenvalue weighted by molar-refractivity contribution is -0.124. The van der Waals surface area contributed by atoms with E-state index >= 15 is 0 Å². The van der Waals surface area contributed by atoms with Crippen LogP contribution < -0.4 is 10.2 Å². The van der Waals surface area contributed by atoms with E-state index in [1.54, 1.807) is 11.1 Å². The average molecular weight is 415 g/mol. The summed E-state index contributed by atoms with van der Waals surface area (Å²) >= 11 is 0. The van der Waals surface area contributed by atoms with Crippen LogP contribution in [-0.2, 0) is 16.1 Å². The number of anilines is 2. The van der Waals surface area contributed by atoms with E-state index in [1.807, 2.05) is 47.0 Å². The van der Waals surface area contributed by atoms with E-state index in [0.29, 0.717) is 11.6 Å². The van der Waals surface area contributed by atoms with Crippen molar-refractivity contribution >= 4 is 34.5 Å². The Morgan fingerprint density at radius 3 is 2.58 bits per heavy atom. The smallest absolute Gasteiger partial charge is 0.253 e. The summed E-state index contributed by atoms with van der Waals surface area (Å²) in [7, 11) is 0. The molecule has 0 radical (unpaired) electrons. The number of fused-ring (bicyclic) bond motifs is 3. The minimum absolute atomic E-state index is 0.0672. The Morgan fingerprint density at radius 2 is 1.81 bits per heavy atom. The number of imidazole rings is 1. The normalized spacial score (nSPS) is 15.3. The van der Waals surface area contributed by atoms with Crippen LogP contribution in [0.4, 0.5) is 16.0 Å². The Hall–Kier alpha value is -4.07. The maximum atomic E-state index is 13.3. The monoisotopic (exact) mass is 415 g/mol. The molecule has 0 saturated carbocycles. The molecule has 8 heteroatoms. The third-order valence-electron chi connectivity index (χ3n) is 5.23. The van der Waals surface area contributed by atoms with Gasteiger partial charge in [0.15, 0.2) is 0 Å². The van der Waals surface area contributed by atoms with Crippen molar-refractivity contribution in [3.8, 4) is 0 Å². The number of benzene rings is 2. The van der Waals surface area contributed by atoms with Crippen LogP contribution in [0, 0.1) is 5.82 Å². The van der Waals surface area contributed by atoms with Gasteiger partial charge in [-0.2, -0.15) is 0 Å². The van der Waals surface area contributed by atoms with Crippen LogP contribution in [0.5, 0.6) is 0 Å². The fraction of sp³-hybridized carbons (Fsp3) is 0.130. The lowest BCUT2D eigenvalue weighted by Gasteiger charge is -2.15. The van der Waals surface area contributed by atoms with E-state index in [-0.39, 0.29) is 30.6 Å². The van der Waals surface area contributed by atoms with Crippen LogP contribution in [0.15, 0.2) is 72.9 Å². The molecule has 0 unspecified atom stereocenters. The zero-order valence-corrected chi connectivity index (χ0v) is 16.4. The van der Waals surface area contributed by atoms with E-state index < -0.39 is 6.04 Å². The van der Waals surface area contributed by atoms with E-state index in [1.165, 1.54) is 24.3 Å². The quantitative estimate of drug-likeness (QED) is 0.539. The van der Waals surface area contributed by atoms with Gasteiger partial charge in [-0.05, 0) is 48.5 Å². The molecular formula is C23H18FN5O2. The molecule has 154 valence electrons. The Bertz CT molecular complexity index is 1270. The molecule has 1 atom stereocenters. The van der Waals surface area contributed by atoms with Crippen molar-refractivity contribution in [3.05, 3.63) is 84.4 Å². The van der Waals surface area contributed by atoms with Crippen molar-refractivity contribution in [1.29, 1.82) is 0 Å². The van der Waals surface area contributed by atoms with Gasteiger partial charge in [-0.15, -0.1) is 0 Å². The van der Waals surface area contributed by atoms with Gasteiger partial charge in [0, 0.05) is 11.9 Å². The Morgan fingerprint density at radius 1 is 1.03 bits per heavy atom. The van der Waals surface area contributed by atoms with Crippen LogP contribution in [0.25, 0.3) is 11.0 Å². The summed E-state index contributed by atoms with van der Waals surface area (Å²) in [5.41, 5.74) is 2.73. The second kappa shape index (κ2) is 7.64. The van der Waals surface area contributed by atoms with Gasteiger partial charge in [0.05, 0.1) is 29.7 Å². The molecule has 2 amide bonds. The highest BCUT2D eigenvalue weighted by Crippen LogP contribution is 2.37. The number of carbonyl (C=O) groups is 2. The molecule has 0 saturated heterocycles. The summed E-state index contributed by atoms with van der Waals surface area (Å²) in [6.07, 6.45) is 1.61. The number of nitrogens with zero attached hydrogens (tertiary/aromatic N) is 4. The van der Waals surface area contributed by atoms with Crippen molar-refractivity contribution in [2.24, 2.45) is 0 Å². The lowest BCUT2D eigenvalue weighted by Crippen LogP contribution is -2.31. The molecule has 0 aliphatic carbocycles. The molecule has 0 bridgehead atoms. The number of para-hydroxylation sites is 2. The van der Waals surface area contributed by atoms with Gasteiger partial charge >= 0.3 is 0 Å². The number of hydrogen-bond acceptors (Lipinski definition) is 4. The third-order valence-corrected chi connectivity index (χ3v) is 5.23. The van der Waals surface area contributed by atoms with Crippen LogP contribution in [0.3, 0.4) is 0 Å². The zero-order valence-electron chi connectivity index (χ0n) is 16.4. The Kier molecular flexibility index (Phi) is 4.66. The van der Waals surface area contributed by atoms with Gasteiger partial charge in [-0.3, -0.25) is 24.0 Å². The van der Waals surface area contributed by atoms with Gasteiger partial charge in [0.1, 0.15) is 11.9 Å². The highest BCUT2D eigenvalue weighted by Gasteiger charge is 2.41. The number of nitrogens with one attached hydrogen (secondary N) is 1. The highest BCUT2D eigenvalue weighted by atomic mass is 19.1. The van der Waals surface area contributed by atoms with Crippen molar-refractivity contribution in [2.75, 3.05) is 10.2 Å². The number of hydrogen-bond donors (Lipinski definition) is 1. The molecule has 1 N–H and O–H groups in total. The average Bonchev–Trinajstić information content (AvgIpc) is 3.27. The first kappa shape index (κ1) is 18.9. The van der Waals surface area contributed by atoms with Crippen LogP contribution in [-0.4, -0.2) is 26.3 Å². The second-order valence-corrected chi connectivity index (χ2v) is 7.29. The van der Waals surface area contributed by atoms with Gasteiger partial charge < -0.3 is 5.32 Å². The van der Waals surface area contributed by atoms with E-state index in [2.05, 4.69) is 15.3 Å². The van der Waals surface area contributed by atoms with Crippen LogP contribution in [0.2, 0.25) is 0 Å². The molecule has 5 rings (SSSR count). The largest absolute Gasteiger partial charge is 0.326 e. The van der Waals surface area contributed by atoms with Gasteiger partial charge in [0.2, 0.25) is 11.9 Å². The molecule has 2 aromatic heterocycles. The summed E-state index contributed by atoms with van der Waals surface area (Å²) in [5, 5.41) is 2.73. The maximum absolute atomic E-state index is 13.3. The minimum atomic E-state index is -0.730. The number of carbonyl (C=O) groups excluding carboxylic acids is 2. The number of rotatable bonds is 5. The van der Waals surface area contributed by atoms with Crippen molar-refractivity contribution < 1.29 is 14.0 Å². The molecule has 1 aliphatic heterocycles. The molecule has 4 aromatic rings. The summed E-state index contributed by atoms with van der Waals surface area (Å²) in [5.74, 6) is -0.443. The maximum Gasteiger partial charge on any atom is 0.253 e. The first-order valence-electron chi connectivity index (χ1n) is 9.84. The van der Waals surface area contributed by atoms with E-state index in [4.69, 9.17) is 0 Å². The molecule has 0 fully saturated rings. The number of halogens is 1. The number of pyridine rings is 1. The summed E-state index contributed by atoms with van der Waals surface area (Å²) < 4.78 is 14.9. The van der Waals surface area contributed by atoms with Crippen molar-refractivity contribution in [1.82, 2.24) is 14.5 Å². The van der Waals surface area contributed by atoms with E-state index in [0.717, 1.165) is 16.7 Å². The van der Waals surface area contributed by atoms with Crippen LogP contribution >= 0.6 is 0 Å². The first-order chi connectivity index (χ1) is 15.1. The first-order valence-corrected chi connectivity index (χ1v) is 9.84. The standard InChI is InChI=1S/C23H18FN5O2/c24-15-8-10-16(11-9-15)26-21(30)13-20-22(31)28(14-17-5-3-4-12-25-17)23-27-18-6-1-2-7-19(18)29(20)23/h1-12,20H,13-14H2,(H,26,30)/t20-/m1/s1. The number of amides is 2. The lowest BCUT2D eigenvalue weighted by atomic mass is 10.1. The molecule has 0 spiro atoms. The molecule has 3 heterocycles. The topological polar surface area (TPSA) is 80.1 Å². The fourth-order valence-electron chi connectivity index (χ4n) is 3.82. The Balaban J connectivity index is 1.46. The molecule has 31 heavy (non-hydrogen) atoms. The number of aromatic nitrogens is 3.